The van der Waals surface area contributed by atoms with Gasteiger partial charge in [0.05, 0.1) is 0 Å². The van der Waals surface area contributed by atoms with Crippen LogP contribution in [0.3, 0.4) is 0 Å². The number of hydrogen-bond acceptors (Lipinski definition) is 3. The fraction of sp³-hybridized carbons (Fsp3) is 0.333. The zero-order valence-electron chi connectivity index (χ0n) is 14.3. The lowest BCUT2D eigenvalue weighted by molar-refractivity contribution is 0.0935. The molecule has 0 aliphatic rings. The maximum absolute atomic E-state index is 12.4. The van der Waals surface area contributed by atoms with Gasteiger partial charge in [-0.15, -0.1) is 0 Å². The van der Waals surface area contributed by atoms with Crippen LogP contribution < -0.4 is 5.32 Å². The number of nitrogens with zero attached hydrogens (tertiary/aromatic N) is 2. The second-order valence-electron chi connectivity index (χ2n) is 5.85. The van der Waals surface area contributed by atoms with Crippen molar-refractivity contribution in [3.63, 3.8) is 0 Å². The molecule has 128 valence electrons. The summed E-state index contributed by atoms with van der Waals surface area (Å²) in [6.07, 6.45) is 3.60. The Balaban J connectivity index is 2.04. The average molecular weight is 347 g/mol. The van der Waals surface area contributed by atoms with Crippen molar-refractivity contribution in [2.45, 2.75) is 32.7 Å². The van der Waals surface area contributed by atoms with E-state index in [0.717, 1.165) is 23.7 Å². The molecule has 1 heterocycles. The summed E-state index contributed by atoms with van der Waals surface area (Å²) in [5, 5.41) is 10.1. The van der Waals surface area contributed by atoms with E-state index in [9.17, 15) is 4.79 Å². The van der Waals surface area contributed by atoms with Crippen molar-refractivity contribution >= 4 is 35.1 Å². The van der Waals surface area contributed by atoms with E-state index < -0.39 is 0 Å². The van der Waals surface area contributed by atoms with E-state index in [0.29, 0.717) is 10.7 Å². The van der Waals surface area contributed by atoms with Crippen LogP contribution in [0.2, 0.25) is 5.02 Å². The standard InChI is InChI=1S/C18H23ClN4O/c1-5-13(11-23(4)20-3)8-12(2)21-18(24)17-10-14-9-15(19)6-7-16(14)22-17/h6-7,9-12,22H,3,5,8H2,1-2,4H3,(H,21,24)/b13-11+. The van der Waals surface area contributed by atoms with Crippen molar-refractivity contribution in [2.75, 3.05) is 7.05 Å². The number of aromatic nitrogens is 1. The number of nitrogens with one attached hydrogen (secondary N) is 2. The summed E-state index contributed by atoms with van der Waals surface area (Å²) in [6.45, 7) is 7.56. The van der Waals surface area contributed by atoms with Gasteiger partial charge in [0.15, 0.2) is 0 Å². The molecule has 2 N–H and O–H groups in total. The topological polar surface area (TPSA) is 60.5 Å². The summed E-state index contributed by atoms with van der Waals surface area (Å²) in [7, 11) is 1.83. The van der Waals surface area contributed by atoms with E-state index in [-0.39, 0.29) is 11.9 Å². The number of carbonyl (C=O) groups excluding carboxylic acids is 1. The van der Waals surface area contributed by atoms with Crippen LogP contribution in [-0.4, -0.2) is 35.7 Å². The zero-order valence-corrected chi connectivity index (χ0v) is 15.0. The number of fused-ring (bicyclic) bond motifs is 1. The minimum atomic E-state index is -0.125. The highest BCUT2D eigenvalue weighted by Crippen LogP contribution is 2.20. The third-order valence-electron chi connectivity index (χ3n) is 3.82. The third kappa shape index (κ3) is 4.61. The third-order valence-corrected chi connectivity index (χ3v) is 4.05. The maximum atomic E-state index is 12.4. The van der Waals surface area contributed by atoms with Crippen molar-refractivity contribution < 1.29 is 4.79 Å². The van der Waals surface area contributed by atoms with Crippen molar-refractivity contribution in [3.8, 4) is 0 Å². The molecule has 1 aromatic heterocycles. The van der Waals surface area contributed by atoms with Gasteiger partial charge >= 0.3 is 0 Å². The number of carbonyl (C=O) groups is 1. The molecule has 1 unspecified atom stereocenters. The molecule has 0 saturated heterocycles. The maximum Gasteiger partial charge on any atom is 0.267 e. The van der Waals surface area contributed by atoms with Crippen molar-refractivity contribution in [3.05, 3.63) is 46.8 Å². The molecule has 0 radical (unpaired) electrons. The van der Waals surface area contributed by atoms with E-state index in [4.69, 9.17) is 11.6 Å². The van der Waals surface area contributed by atoms with Gasteiger partial charge in [-0.3, -0.25) is 9.80 Å². The predicted octanol–water partition coefficient (Wildman–Crippen LogP) is 4.17. The number of H-pyrrole nitrogens is 1. The van der Waals surface area contributed by atoms with E-state index in [1.165, 1.54) is 5.57 Å². The molecule has 5 nitrogen and oxygen atoms in total. The molecule has 1 atom stereocenters. The second-order valence-corrected chi connectivity index (χ2v) is 6.29. The van der Waals surface area contributed by atoms with E-state index >= 15 is 0 Å². The molecule has 0 spiro atoms. The molecule has 2 rings (SSSR count). The molecule has 24 heavy (non-hydrogen) atoms. The first kappa shape index (κ1) is 18.1. The number of hydrazone groups is 1. The van der Waals surface area contributed by atoms with Crippen LogP contribution in [0.4, 0.5) is 0 Å². The lowest BCUT2D eigenvalue weighted by Gasteiger charge is -2.16. The van der Waals surface area contributed by atoms with Crippen LogP contribution in [0.1, 0.15) is 37.2 Å². The highest BCUT2D eigenvalue weighted by atomic mass is 35.5. The first-order valence-corrected chi connectivity index (χ1v) is 8.29. The SMILES string of the molecule is C=NN(C)/C=C(\CC)CC(C)NC(=O)c1cc2cc(Cl)ccc2[nH]1. The van der Waals surface area contributed by atoms with Gasteiger partial charge in [0.25, 0.3) is 5.91 Å². The lowest BCUT2D eigenvalue weighted by Crippen LogP contribution is -2.33. The smallest absolute Gasteiger partial charge is 0.267 e. The summed E-state index contributed by atoms with van der Waals surface area (Å²) in [4.78, 5) is 15.5. The Labute approximate surface area is 147 Å². The van der Waals surface area contributed by atoms with Crippen molar-refractivity contribution in [1.82, 2.24) is 15.3 Å². The highest BCUT2D eigenvalue weighted by molar-refractivity contribution is 6.31. The van der Waals surface area contributed by atoms with E-state index in [1.54, 1.807) is 11.1 Å². The number of halogens is 1. The van der Waals surface area contributed by atoms with Crippen LogP contribution in [-0.2, 0) is 0 Å². The number of amides is 1. The number of hydrogen-bond donors (Lipinski definition) is 2. The first-order valence-electron chi connectivity index (χ1n) is 7.91. The van der Waals surface area contributed by atoms with Gasteiger partial charge in [0, 0.05) is 41.9 Å². The Morgan fingerprint density at radius 3 is 2.92 bits per heavy atom. The summed E-state index contributed by atoms with van der Waals surface area (Å²) < 4.78 is 0. The Morgan fingerprint density at radius 1 is 1.50 bits per heavy atom. The number of rotatable bonds is 7. The van der Waals surface area contributed by atoms with Crippen molar-refractivity contribution in [2.24, 2.45) is 5.10 Å². The molecular formula is C18H23ClN4O. The molecular weight excluding hydrogens is 324 g/mol. The molecule has 0 bridgehead atoms. The fourth-order valence-corrected chi connectivity index (χ4v) is 2.75. The van der Waals surface area contributed by atoms with Gasteiger partial charge in [0.1, 0.15) is 5.69 Å². The first-order chi connectivity index (χ1) is 11.4. The summed E-state index contributed by atoms with van der Waals surface area (Å²) >= 11 is 5.98. The Morgan fingerprint density at radius 2 is 2.25 bits per heavy atom. The lowest BCUT2D eigenvalue weighted by atomic mass is 10.1. The quantitative estimate of drug-likeness (QED) is 0.584. The van der Waals surface area contributed by atoms with Crippen LogP contribution in [0.15, 0.2) is 41.1 Å². The minimum absolute atomic E-state index is 0.0110. The second kappa shape index (κ2) is 8.02. The van der Waals surface area contributed by atoms with Crippen LogP contribution in [0.5, 0.6) is 0 Å². The Hall–Kier alpha value is -2.27. The molecule has 2 aromatic rings. The molecule has 1 aromatic carbocycles. The van der Waals surface area contributed by atoms with Crippen molar-refractivity contribution in [1.29, 1.82) is 0 Å². The monoisotopic (exact) mass is 346 g/mol. The molecule has 0 saturated carbocycles. The molecule has 0 aliphatic carbocycles. The molecule has 1 amide bonds. The number of benzene rings is 1. The normalized spacial score (nSPS) is 12.9. The van der Waals surface area contributed by atoms with Crippen LogP contribution >= 0.6 is 11.6 Å². The van der Waals surface area contributed by atoms with Gasteiger partial charge in [0.2, 0.25) is 0 Å². The van der Waals surface area contributed by atoms with Crippen LogP contribution in [0, 0.1) is 0 Å². The number of aromatic amines is 1. The van der Waals surface area contributed by atoms with Gasteiger partial charge < -0.3 is 10.3 Å². The average Bonchev–Trinajstić information content (AvgIpc) is 2.97. The van der Waals surface area contributed by atoms with Gasteiger partial charge in [-0.05, 0) is 44.0 Å². The summed E-state index contributed by atoms with van der Waals surface area (Å²) in [5.74, 6) is -0.125. The molecule has 0 fully saturated rings. The van der Waals surface area contributed by atoms with Gasteiger partial charge in [-0.2, -0.15) is 5.10 Å². The Bertz CT molecular complexity index is 765. The summed E-state index contributed by atoms with van der Waals surface area (Å²) in [6, 6.07) is 7.33. The predicted molar refractivity (Wildman–Crippen MR) is 101 cm³/mol. The zero-order chi connectivity index (χ0) is 17.7. The van der Waals surface area contributed by atoms with Gasteiger partial charge in [-0.25, -0.2) is 0 Å². The largest absolute Gasteiger partial charge is 0.351 e. The fourth-order valence-electron chi connectivity index (χ4n) is 2.57. The minimum Gasteiger partial charge on any atom is -0.351 e. The van der Waals surface area contributed by atoms with Gasteiger partial charge in [-0.1, -0.05) is 24.1 Å². The van der Waals surface area contributed by atoms with E-state index in [1.807, 2.05) is 38.4 Å². The molecule has 6 heteroatoms. The summed E-state index contributed by atoms with van der Waals surface area (Å²) in [5.41, 5.74) is 2.62. The Kier molecular flexibility index (Phi) is 6.04. The molecule has 0 aliphatic heterocycles. The van der Waals surface area contributed by atoms with Crippen LogP contribution in [0.25, 0.3) is 10.9 Å². The van der Waals surface area contributed by atoms with E-state index in [2.05, 4.69) is 29.0 Å². The highest BCUT2D eigenvalue weighted by Gasteiger charge is 2.13.